The summed E-state index contributed by atoms with van der Waals surface area (Å²) in [6.07, 6.45) is 10.9. The van der Waals surface area contributed by atoms with Crippen LogP contribution in [0.5, 0.6) is 0 Å². The van der Waals surface area contributed by atoms with Crippen molar-refractivity contribution >= 4 is 23.3 Å². The Balaban J connectivity index is 1.39. The summed E-state index contributed by atoms with van der Waals surface area (Å²) in [6, 6.07) is 10.4. The van der Waals surface area contributed by atoms with Crippen LogP contribution in [-0.4, -0.2) is 24.5 Å². The number of hydrogen-bond acceptors (Lipinski definition) is 6. The van der Waals surface area contributed by atoms with E-state index in [1.165, 1.54) is 5.56 Å². The lowest BCUT2D eigenvalue weighted by Gasteiger charge is -2.19. The Morgan fingerprint density at radius 1 is 0.962 bits per heavy atom. The van der Waals surface area contributed by atoms with E-state index in [9.17, 15) is 0 Å². The van der Waals surface area contributed by atoms with Crippen LogP contribution in [0.3, 0.4) is 0 Å². The van der Waals surface area contributed by atoms with Crippen LogP contribution in [-0.2, 0) is 6.54 Å². The van der Waals surface area contributed by atoms with Gasteiger partial charge >= 0.3 is 0 Å². The molecule has 6 nitrogen and oxygen atoms in total. The van der Waals surface area contributed by atoms with E-state index in [1.54, 1.807) is 36.5 Å². The summed E-state index contributed by atoms with van der Waals surface area (Å²) in [6.45, 7) is 0.755. The second-order valence-corrected chi connectivity index (χ2v) is 6.97. The fourth-order valence-corrected chi connectivity index (χ4v) is 3.79. The van der Waals surface area contributed by atoms with Gasteiger partial charge in [0.2, 0.25) is 0 Å². The molecule has 1 aromatic carbocycles. The number of anilines is 2. The highest BCUT2D eigenvalue weighted by Gasteiger charge is 2.17. The molecule has 1 aliphatic rings. The first kappa shape index (κ1) is 15.1. The summed E-state index contributed by atoms with van der Waals surface area (Å²) in [5.74, 6) is 0.810. The quantitative estimate of drug-likeness (QED) is 0.526. The number of aromatic nitrogens is 5. The third-order valence-corrected chi connectivity index (χ3v) is 5.21. The van der Waals surface area contributed by atoms with Gasteiger partial charge in [0.1, 0.15) is 5.03 Å². The van der Waals surface area contributed by atoms with Crippen LogP contribution in [0.25, 0.3) is 11.3 Å². The van der Waals surface area contributed by atoms with Crippen LogP contribution in [0.4, 0.5) is 11.5 Å². The van der Waals surface area contributed by atoms with Crippen molar-refractivity contribution in [1.82, 2.24) is 24.5 Å². The fourth-order valence-electron chi connectivity index (χ4n) is 2.91. The highest BCUT2D eigenvalue weighted by atomic mass is 32.2. The third-order valence-electron chi connectivity index (χ3n) is 4.14. The molecule has 26 heavy (non-hydrogen) atoms. The van der Waals surface area contributed by atoms with Crippen molar-refractivity contribution < 1.29 is 0 Å². The van der Waals surface area contributed by atoms with Gasteiger partial charge in [-0.1, -0.05) is 17.8 Å². The highest BCUT2D eigenvalue weighted by Crippen LogP contribution is 2.42. The molecule has 0 saturated heterocycles. The number of nitrogens with zero attached hydrogens (tertiary/aromatic N) is 5. The largest absolute Gasteiger partial charge is 0.337 e. The molecule has 5 rings (SSSR count). The van der Waals surface area contributed by atoms with Gasteiger partial charge in [-0.25, -0.2) is 15.0 Å². The molecule has 3 aromatic heterocycles. The molecule has 0 atom stereocenters. The van der Waals surface area contributed by atoms with Crippen molar-refractivity contribution in [2.75, 3.05) is 5.32 Å². The Kier molecular flexibility index (Phi) is 3.64. The van der Waals surface area contributed by atoms with Gasteiger partial charge in [0.15, 0.2) is 5.82 Å². The van der Waals surface area contributed by atoms with Crippen LogP contribution in [0.15, 0.2) is 77.6 Å². The maximum atomic E-state index is 4.50. The Morgan fingerprint density at radius 3 is 2.77 bits per heavy atom. The number of pyridine rings is 1. The van der Waals surface area contributed by atoms with Gasteiger partial charge in [-0.3, -0.25) is 4.98 Å². The Labute approximate surface area is 154 Å². The van der Waals surface area contributed by atoms with E-state index in [-0.39, 0.29) is 0 Å². The molecule has 0 amide bonds. The molecule has 0 aliphatic carbocycles. The number of fused-ring (bicyclic) bond motifs is 2. The summed E-state index contributed by atoms with van der Waals surface area (Å²) < 4.78 is 2.08. The smallest absolute Gasteiger partial charge is 0.163 e. The molecule has 7 heteroatoms. The van der Waals surface area contributed by atoms with E-state index < -0.39 is 0 Å². The normalized spacial score (nSPS) is 12.2. The number of imidazole rings is 1. The zero-order valence-electron chi connectivity index (χ0n) is 13.7. The lowest BCUT2D eigenvalue weighted by molar-refractivity contribution is 0.797. The molecule has 0 radical (unpaired) electrons. The van der Waals surface area contributed by atoms with Gasteiger partial charge in [-0.2, -0.15) is 0 Å². The fraction of sp³-hybridized carbons (Fsp3) is 0.0526. The van der Waals surface area contributed by atoms with Crippen molar-refractivity contribution in [2.24, 2.45) is 0 Å². The van der Waals surface area contributed by atoms with Crippen molar-refractivity contribution in [3.8, 4) is 11.3 Å². The first-order chi connectivity index (χ1) is 12.8. The van der Waals surface area contributed by atoms with Crippen molar-refractivity contribution in [1.29, 1.82) is 0 Å². The van der Waals surface area contributed by atoms with Crippen LogP contribution < -0.4 is 5.32 Å². The van der Waals surface area contributed by atoms with E-state index in [2.05, 4.69) is 54.2 Å². The predicted molar refractivity (Wildman–Crippen MR) is 100 cm³/mol. The predicted octanol–water partition coefficient (Wildman–Crippen LogP) is 3.99. The zero-order valence-corrected chi connectivity index (χ0v) is 14.5. The standard InChI is InChI=1S/C19H14N6S/c1-2-17-15(24-18-19(26-17)22-8-7-21-18)9-13(1)10-25-11-16(23-12-25)14-3-5-20-6-4-14/h1-9,11-12H,10H2,(H,21,24). The van der Waals surface area contributed by atoms with Gasteiger partial charge in [-0.05, 0) is 29.8 Å². The molecule has 4 aromatic rings. The van der Waals surface area contributed by atoms with E-state index in [0.29, 0.717) is 0 Å². The maximum absolute atomic E-state index is 4.50. The highest BCUT2D eigenvalue weighted by molar-refractivity contribution is 7.99. The number of nitrogens with one attached hydrogen (secondary N) is 1. The summed E-state index contributed by atoms with van der Waals surface area (Å²) in [5, 5.41) is 4.28. The van der Waals surface area contributed by atoms with E-state index in [0.717, 1.165) is 39.2 Å². The van der Waals surface area contributed by atoms with Crippen LogP contribution in [0.1, 0.15) is 5.56 Å². The Bertz CT molecular complexity index is 1080. The Hall–Kier alpha value is -3.19. The maximum Gasteiger partial charge on any atom is 0.163 e. The number of hydrogen-bond donors (Lipinski definition) is 1. The molecule has 0 fully saturated rings. The van der Waals surface area contributed by atoms with E-state index in [1.807, 2.05) is 18.5 Å². The van der Waals surface area contributed by atoms with Gasteiger partial charge in [0.05, 0.1) is 17.7 Å². The summed E-state index contributed by atoms with van der Waals surface area (Å²) in [5.41, 5.74) is 4.28. The monoisotopic (exact) mass is 358 g/mol. The Morgan fingerprint density at radius 2 is 1.85 bits per heavy atom. The third kappa shape index (κ3) is 2.82. The summed E-state index contributed by atoms with van der Waals surface area (Å²) in [7, 11) is 0. The molecule has 4 heterocycles. The molecular weight excluding hydrogens is 344 g/mol. The van der Waals surface area contributed by atoms with E-state index >= 15 is 0 Å². The van der Waals surface area contributed by atoms with Crippen LogP contribution >= 0.6 is 11.8 Å². The molecule has 0 bridgehead atoms. The van der Waals surface area contributed by atoms with Crippen molar-refractivity contribution in [3.05, 3.63) is 73.2 Å². The lowest BCUT2D eigenvalue weighted by Crippen LogP contribution is -2.05. The molecule has 126 valence electrons. The molecule has 0 unspecified atom stereocenters. The van der Waals surface area contributed by atoms with Gasteiger partial charge < -0.3 is 9.88 Å². The lowest BCUT2D eigenvalue weighted by atomic mass is 10.2. The SMILES string of the molecule is c1cc(-c2cn(Cc3ccc4c(c3)Nc3nccnc3S4)cn2)ccn1. The number of benzene rings is 1. The first-order valence-electron chi connectivity index (χ1n) is 8.16. The van der Waals surface area contributed by atoms with Crippen LogP contribution in [0.2, 0.25) is 0 Å². The average Bonchev–Trinajstić information content (AvgIpc) is 3.15. The second kappa shape index (κ2) is 6.27. The molecule has 1 aliphatic heterocycles. The van der Waals surface area contributed by atoms with Crippen molar-refractivity contribution in [3.63, 3.8) is 0 Å². The summed E-state index contributed by atoms with van der Waals surface area (Å²) >= 11 is 1.64. The molecular formula is C19H14N6S. The van der Waals surface area contributed by atoms with Crippen molar-refractivity contribution in [2.45, 2.75) is 16.5 Å². The molecule has 1 N–H and O–H groups in total. The molecule has 0 spiro atoms. The van der Waals surface area contributed by atoms with Crippen LogP contribution in [0, 0.1) is 0 Å². The topological polar surface area (TPSA) is 68.5 Å². The van der Waals surface area contributed by atoms with Gasteiger partial charge in [-0.15, -0.1) is 0 Å². The second-order valence-electron chi connectivity index (χ2n) is 5.93. The molecule has 0 saturated carbocycles. The minimum atomic E-state index is 0.755. The van der Waals surface area contributed by atoms with Gasteiger partial charge in [0, 0.05) is 48.0 Å². The average molecular weight is 358 g/mol. The zero-order chi connectivity index (χ0) is 17.3. The number of rotatable bonds is 3. The minimum absolute atomic E-state index is 0.755. The summed E-state index contributed by atoms with van der Waals surface area (Å²) in [4.78, 5) is 18.4. The van der Waals surface area contributed by atoms with Gasteiger partial charge in [0.25, 0.3) is 0 Å². The first-order valence-corrected chi connectivity index (χ1v) is 8.98. The van der Waals surface area contributed by atoms with E-state index in [4.69, 9.17) is 0 Å². The minimum Gasteiger partial charge on any atom is -0.337 e.